The predicted molar refractivity (Wildman–Crippen MR) is 133 cm³/mol. The molecule has 0 spiro atoms. The van der Waals surface area contributed by atoms with Crippen LogP contribution >= 0.6 is 0 Å². The summed E-state index contributed by atoms with van der Waals surface area (Å²) in [6.45, 7) is 4.79. The van der Waals surface area contributed by atoms with Gasteiger partial charge in [-0.1, -0.05) is 32.0 Å². The van der Waals surface area contributed by atoms with E-state index in [2.05, 4.69) is 23.9 Å². The lowest BCUT2D eigenvalue weighted by Crippen LogP contribution is -2.26. The summed E-state index contributed by atoms with van der Waals surface area (Å²) in [6.07, 6.45) is 4.94. The third-order valence-electron chi connectivity index (χ3n) is 5.55. The molecule has 1 fully saturated rings. The summed E-state index contributed by atoms with van der Waals surface area (Å²) in [6, 6.07) is 16.2. The number of aromatic nitrogens is 2. The van der Waals surface area contributed by atoms with E-state index in [9.17, 15) is 9.59 Å². The van der Waals surface area contributed by atoms with E-state index in [1.165, 1.54) is 12.3 Å². The number of nitrogens with two attached hydrogens (primary N) is 1. The molecule has 0 saturated carbocycles. The van der Waals surface area contributed by atoms with Crippen LogP contribution in [0, 0.1) is 5.41 Å². The van der Waals surface area contributed by atoms with Crippen LogP contribution in [0.3, 0.4) is 0 Å². The number of amides is 1. The highest BCUT2D eigenvalue weighted by Gasteiger charge is 2.36. The molecule has 34 heavy (non-hydrogen) atoms. The van der Waals surface area contributed by atoms with Crippen molar-refractivity contribution in [2.45, 2.75) is 20.3 Å². The van der Waals surface area contributed by atoms with Gasteiger partial charge in [0, 0.05) is 37.0 Å². The second-order valence-electron chi connectivity index (χ2n) is 8.84. The Balaban J connectivity index is 1.76. The van der Waals surface area contributed by atoms with Crippen molar-refractivity contribution in [1.29, 1.82) is 0 Å². The molecule has 174 valence electrons. The number of hydrogen-bond donors (Lipinski definition) is 1. The summed E-state index contributed by atoms with van der Waals surface area (Å²) in [7, 11) is 1.56. The number of ether oxygens (including phenoxy) is 1. The normalized spacial score (nSPS) is 15.8. The molecule has 0 unspecified atom stereocenters. The Morgan fingerprint density at radius 3 is 2.56 bits per heavy atom. The van der Waals surface area contributed by atoms with Crippen molar-refractivity contribution in [3.05, 3.63) is 89.0 Å². The monoisotopic (exact) mass is 457 g/mol. The summed E-state index contributed by atoms with van der Waals surface area (Å²) in [5.74, 6) is 0.604. The molecule has 0 radical (unpaired) electrons. The average molecular weight is 458 g/mol. The number of hydrogen-bond acceptors (Lipinski definition) is 6. The third kappa shape index (κ3) is 4.76. The lowest BCUT2D eigenvalue weighted by atomic mass is 9.93. The molecule has 8 heteroatoms. The lowest BCUT2D eigenvalue weighted by Gasteiger charge is -2.21. The number of anilines is 1. The van der Waals surface area contributed by atoms with Gasteiger partial charge in [0.25, 0.3) is 0 Å². The molecular weight excluding hydrogens is 430 g/mol. The van der Waals surface area contributed by atoms with Gasteiger partial charge in [-0.05, 0) is 42.0 Å². The second-order valence-corrected chi connectivity index (χ2v) is 8.84. The van der Waals surface area contributed by atoms with Crippen molar-refractivity contribution in [2.24, 2.45) is 16.1 Å². The van der Waals surface area contributed by atoms with Crippen molar-refractivity contribution < 1.29 is 9.53 Å². The topological polar surface area (TPSA) is 103 Å². The van der Waals surface area contributed by atoms with Crippen molar-refractivity contribution in [2.75, 3.05) is 18.6 Å². The molecule has 1 aliphatic heterocycles. The SMILES string of the molecule is COc1cc(N2CC(C)(C)CC2=O)ccc1-n1ccc(=O)c(C(C=CN)=Nc2ccccc2)n1. The first-order valence-electron chi connectivity index (χ1n) is 10.9. The zero-order valence-corrected chi connectivity index (χ0v) is 19.4. The van der Waals surface area contributed by atoms with Crippen LogP contribution in [-0.2, 0) is 4.79 Å². The van der Waals surface area contributed by atoms with Crippen molar-refractivity contribution in [3.63, 3.8) is 0 Å². The smallest absolute Gasteiger partial charge is 0.227 e. The number of carbonyl (C=O) groups excluding carboxylic acids is 1. The largest absolute Gasteiger partial charge is 0.494 e. The number of rotatable bonds is 6. The average Bonchev–Trinajstić information content (AvgIpc) is 3.11. The highest BCUT2D eigenvalue weighted by molar-refractivity contribution is 6.08. The van der Waals surface area contributed by atoms with Gasteiger partial charge in [-0.15, -0.1) is 0 Å². The number of methoxy groups -OCH3 is 1. The van der Waals surface area contributed by atoms with E-state index in [1.807, 2.05) is 48.5 Å². The standard InChI is InChI=1S/C26H27N5O3/c1-26(2)16-24(33)30(17-26)19-9-10-21(23(15-19)34-3)31-14-12-22(32)25(29-31)20(11-13-27)28-18-7-5-4-6-8-18/h4-15H,16-17,27H2,1-3H3. The van der Waals surface area contributed by atoms with Gasteiger partial charge in [0.1, 0.15) is 11.4 Å². The zero-order chi connectivity index (χ0) is 24.3. The van der Waals surface area contributed by atoms with E-state index < -0.39 is 0 Å². The van der Waals surface area contributed by atoms with Crippen LogP contribution < -0.4 is 20.8 Å². The van der Waals surface area contributed by atoms with Crippen molar-refractivity contribution >= 4 is 23.0 Å². The quantitative estimate of drug-likeness (QED) is 0.570. The third-order valence-corrected chi connectivity index (χ3v) is 5.55. The molecule has 3 aromatic rings. The molecule has 8 nitrogen and oxygen atoms in total. The van der Waals surface area contributed by atoms with Gasteiger partial charge >= 0.3 is 0 Å². The van der Waals surface area contributed by atoms with Crippen LogP contribution in [0.5, 0.6) is 5.75 Å². The highest BCUT2D eigenvalue weighted by Crippen LogP contribution is 2.36. The molecule has 4 rings (SSSR count). The zero-order valence-electron chi connectivity index (χ0n) is 19.4. The first-order valence-corrected chi connectivity index (χ1v) is 10.9. The summed E-state index contributed by atoms with van der Waals surface area (Å²) >= 11 is 0. The van der Waals surface area contributed by atoms with E-state index in [1.54, 1.807) is 29.0 Å². The molecule has 1 aromatic heterocycles. The van der Waals surface area contributed by atoms with Crippen molar-refractivity contribution in [3.8, 4) is 11.4 Å². The van der Waals surface area contributed by atoms with Crippen LogP contribution in [0.25, 0.3) is 5.69 Å². The molecule has 0 bridgehead atoms. The maximum atomic E-state index is 12.7. The number of carbonyl (C=O) groups is 1. The summed E-state index contributed by atoms with van der Waals surface area (Å²) in [5.41, 5.74) is 7.80. The molecule has 2 aromatic carbocycles. The summed E-state index contributed by atoms with van der Waals surface area (Å²) < 4.78 is 7.18. The Bertz CT molecular complexity index is 1330. The molecule has 2 heterocycles. The fourth-order valence-corrected chi connectivity index (χ4v) is 3.96. The van der Waals surface area contributed by atoms with Gasteiger partial charge in [0.15, 0.2) is 5.69 Å². The van der Waals surface area contributed by atoms with Gasteiger partial charge in [-0.25, -0.2) is 9.67 Å². The number of para-hydroxylation sites is 1. The van der Waals surface area contributed by atoms with Crippen LogP contribution in [0.15, 0.2) is 82.9 Å². The Labute approximate surface area is 198 Å². The predicted octanol–water partition coefficient (Wildman–Crippen LogP) is 3.60. The van der Waals surface area contributed by atoms with E-state index in [0.29, 0.717) is 35.8 Å². The molecular formula is C26H27N5O3. The first-order chi connectivity index (χ1) is 16.3. The van der Waals surface area contributed by atoms with E-state index in [4.69, 9.17) is 10.5 Å². The first kappa shape index (κ1) is 23.0. The summed E-state index contributed by atoms with van der Waals surface area (Å²) in [5, 5.41) is 4.54. The minimum Gasteiger partial charge on any atom is -0.494 e. The maximum Gasteiger partial charge on any atom is 0.227 e. The lowest BCUT2D eigenvalue weighted by molar-refractivity contribution is -0.117. The number of aliphatic imine (C=N–C) groups is 1. The molecule has 1 aliphatic rings. The molecule has 0 aliphatic carbocycles. The fourth-order valence-electron chi connectivity index (χ4n) is 3.96. The van der Waals surface area contributed by atoms with E-state index >= 15 is 0 Å². The molecule has 2 N–H and O–H groups in total. The number of benzene rings is 2. The van der Waals surface area contributed by atoms with Crippen LogP contribution in [-0.4, -0.2) is 35.1 Å². The highest BCUT2D eigenvalue weighted by atomic mass is 16.5. The Morgan fingerprint density at radius 1 is 1.15 bits per heavy atom. The van der Waals surface area contributed by atoms with Gasteiger partial charge in [0.2, 0.25) is 11.3 Å². The van der Waals surface area contributed by atoms with Gasteiger partial charge in [-0.3, -0.25) is 9.59 Å². The second kappa shape index (κ2) is 9.35. The minimum atomic E-state index is -0.287. The Kier molecular flexibility index (Phi) is 6.32. The summed E-state index contributed by atoms with van der Waals surface area (Å²) in [4.78, 5) is 31.5. The maximum absolute atomic E-state index is 12.7. The fraction of sp³-hybridized carbons (Fsp3) is 0.231. The number of allylic oxidation sites excluding steroid dienone is 1. The van der Waals surface area contributed by atoms with Gasteiger partial charge in [-0.2, -0.15) is 5.10 Å². The van der Waals surface area contributed by atoms with Gasteiger partial charge < -0.3 is 15.4 Å². The van der Waals surface area contributed by atoms with E-state index in [-0.39, 0.29) is 22.4 Å². The minimum absolute atomic E-state index is 0.0802. The Morgan fingerprint density at radius 2 is 1.91 bits per heavy atom. The van der Waals surface area contributed by atoms with Gasteiger partial charge in [0.05, 0.1) is 18.5 Å². The number of nitrogens with zero attached hydrogens (tertiary/aromatic N) is 4. The molecule has 0 atom stereocenters. The van der Waals surface area contributed by atoms with E-state index in [0.717, 1.165) is 5.69 Å². The van der Waals surface area contributed by atoms with Crippen LogP contribution in [0.1, 0.15) is 26.0 Å². The van der Waals surface area contributed by atoms with Crippen molar-refractivity contribution in [1.82, 2.24) is 9.78 Å². The molecule has 1 saturated heterocycles. The Hall–Kier alpha value is -4.20. The van der Waals surface area contributed by atoms with Crippen LogP contribution in [0.2, 0.25) is 0 Å². The molecule has 1 amide bonds. The van der Waals surface area contributed by atoms with Crippen LogP contribution in [0.4, 0.5) is 11.4 Å².